The summed E-state index contributed by atoms with van der Waals surface area (Å²) < 4.78 is 0. The van der Waals surface area contributed by atoms with Crippen molar-refractivity contribution in [2.24, 2.45) is 0 Å². The summed E-state index contributed by atoms with van der Waals surface area (Å²) in [6.07, 6.45) is 3.64. The highest BCUT2D eigenvalue weighted by Crippen LogP contribution is 2.11. The van der Waals surface area contributed by atoms with Crippen LogP contribution in [0.15, 0.2) is 30.3 Å². The maximum atomic E-state index is 11.8. The minimum Gasteiger partial charge on any atom is -0.481 e. The third kappa shape index (κ3) is 6.18. The van der Waals surface area contributed by atoms with E-state index in [4.69, 9.17) is 5.11 Å². The second-order valence-corrected chi connectivity index (χ2v) is 5.51. The lowest BCUT2D eigenvalue weighted by Crippen LogP contribution is -2.42. The van der Waals surface area contributed by atoms with E-state index in [1.807, 2.05) is 45.0 Å². The van der Waals surface area contributed by atoms with Gasteiger partial charge in [0.2, 0.25) is 5.91 Å². The van der Waals surface area contributed by atoms with Crippen molar-refractivity contribution in [3.63, 3.8) is 0 Å². The van der Waals surface area contributed by atoms with E-state index in [0.717, 1.165) is 5.56 Å². The molecule has 0 aliphatic carbocycles. The molecule has 0 aromatic heterocycles. The Bertz CT molecular complexity index is 501. The smallest absolute Gasteiger partial charge is 0.303 e. The van der Waals surface area contributed by atoms with Crippen LogP contribution in [0.2, 0.25) is 0 Å². The molecule has 0 saturated carbocycles. The van der Waals surface area contributed by atoms with Crippen LogP contribution in [0.4, 0.5) is 0 Å². The molecule has 4 heteroatoms. The summed E-state index contributed by atoms with van der Waals surface area (Å²) in [5, 5.41) is 11.5. The van der Waals surface area contributed by atoms with Gasteiger partial charge < -0.3 is 10.4 Å². The van der Waals surface area contributed by atoms with Crippen LogP contribution in [0.1, 0.15) is 37.8 Å². The first-order valence-corrected chi connectivity index (χ1v) is 6.57. The van der Waals surface area contributed by atoms with Gasteiger partial charge in [-0.15, -0.1) is 0 Å². The number of hydrogen-bond donors (Lipinski definition) is 2. The minimum absolute atomic E-state index is 0.0367. The van der Waals surface area contributed by atoms with Gasteiger partial charge in [0.05, 0.1) is 0 Å². The van der Waals surface area contributed by atoms with Gasteiger partial charge in [0.1, 0.15) is 0 Å². The number of carbonyl (C=O) groups is 2. The van der Waals surface area contributed by atoms with E-state index in [2.05, 4.69) is 5.32 Å². The number of nitrogens with one attached hydrogen (secondary N) is 1. The van der Waals surface area contributed by atoms with Crippen molar-refractivity contribution in [1.29, 1.82) is 0 Å². The number of carboxylic acid groups (broad SMARTS) is 1. The third-order valence-corrected chi connectivity index (χ3v) is 2.93. The highest BCUT2D eigenvalue weighted by molar-refractivity contribution is 5.92. The fraction of sp³-hybridized carbons (Fsp3) is 0.375. The van der Waals surface area contributed by atoms with Gasteiger partial charge in [0, 0.05) is 18.0 Å². The van der Waals surface area contributed by atoms with E-state index in [1.54, 1.807) is 6.08 Å². The Morgan fingerprint density at radius 3 is 2.40 bits per heavy atom. The molecule has 1 amide bonds. The summed E-state index contributed by atoms with van der Waals surface area (Å²) in [7, 11) is 0. The lowest BCUT2D eigenvalue weighted by molar-refractivity contribution is -0.137. The monoisotopic (exact) mass is 275 g/mol. The molecule has 1 rings (SSSR count). The van der Waals surface area contributed by atoms with Crippen molar-refractivity contribution in [3.05, 3.63) is 41.5 Å². The summed E-state index contributed by atoms with van der Waals surface area (Å²) in [5.74, 6) is -1.08. The average Bonchev–Trinajstić information content (AvgIpc) is 2.35. The van der Waals surface area contributed by atoms with E-state index in [-0.39, 0.29) is 12.3 Å². The molecular weight excluding hydrogens is 254 g/mol. The van der Waals surface area contributed by atoms with Crippen LogP contribution in [0.3, 0.4) is 0 Å². The fourth-order valence-electron chi connectivity index (χ4n) is 1.71. The van der Waals surface area contributed by atoms with E-state index in [9.17, 15) is 9.59 Å². The van der Waals surface area contributed by atoms with Crippen molar-refractivity contribution in [2.75, 3.05) is 0 Å². The number of amides is 1. The van der Waals surface area contributed by atoms with Crippen molar-refractivity contribution in [2.45, 2.75) is 39.2 Å². The topological polar surface area (TPSA) is 66.4 Å². The molecule has 108 valence electrons. The number of benzene rings is 1. The molecule has 0 spiro atoms. The normalized spacial score (nSPS) is 11.6. The molecule has 0 unspecified atom stereocenters. The van der Waals surface area contributed by atoms with Gasteiger partial charge in [-0.25, -0.2) is 0 Å². The zero-order chi connectivity index (χ0) is 15.2. The summed E-state index contributed by atoms with van der Waals surface area (Å²) >= 11 is 0. The van der Waals surface area contributed by atoms with Gasteiger partial charge in [-0.2, -0.15) is 0 Å². The highest BCUT2D eigenvalue weighted by atomic mass is 16.4. The van der Waals surface area contributed by atoms with Crippen molar-refractivity contribution in [3.8, 4) is 0 Å². The molecule has 0 aliphatic heterocycles. The van der Waals surface area contributed by atoms with E-state index in [0.29, 0.717) is 6.42 Å². The number of aliphatic carboxylic acids is 1. The lowest BCUT2D eigenvalue weighted by Gasteiger charge is -2.24. The number of hydrogen-bond acceptors (Lipinski definition) is 2. The first-order chi connectivity index (χ1) is 9.28. The maximum Gasteiger partial charge on any atom is 0.303 e. The summed E-state index contributed by atoms with van der Waals surface area (Å²) in [4.78, 5) is 22.3. The zero-order valence-corrected chi connectivity index (χ0v) is 12.1. The summed E-state index contributed by atoms with van der Waals surface area (Å²) in [6.45, 7) is 5.63. The van der Waals surface area contributed by atoms with Gasteiger partial charge >= 0.3 is 5.97 Å². The average molecular weight is 275 g/mol. The number of carbonyl (C=O) groups excluding carboxylic acids is 1. The Kier molecular flexibility index (Phi) is 5.50. The van der Waals surface area contributed by atoms with Gasteiger partial charge in [-0.3, -0.25) is 9.59 Å². The van der Waals surface area contributed by atoms with Crippen LogP contribution in [0, 0.1) is 6.92 Å². The Labute approximate surface area is 119 Å². The summed E-state index contributed by atoms with van der Waals surface area (Å²) in [5.41, 5.74) is 1.59. The summed E-state index contributed by atoms with van der Waals surface area (Å²) in [6, 6.07) is 7.84. The van der Waals surface area contributed by atoms with Crippen molar-refractivity contribution >= 4 is 18.0 Å². The Hall–Kier alpha value is -2.10. The molecule has 0 saturated heterocycles. The Morgan fingerprint density at radius 1 is 1.25 bits per heavy atom. The molecule has 4 nitrogen and oxygen atoms in total. The highest BCUT2D eigenvalue weighted by Gasteiger charge is 2.20. The predicted molar refractivity (Wildman–Crippen MR) is 79.3 cm³/mol. The molecule has 0 radical (unpaired) electrons. The van der Waals surface area contributed by atoms with Gasteiger partial charge in [-0.05, 0) is 38.8 Å². The molecule has 1 aromatic rings. The second kappa shape index (κ2) is 6.89. The van der Waals surface area contributed by atoms with E-state index < -0.39 is 11.5 Å². The van der Waals surface area contributed by atoms with Crippen LogP contribution >= 0.6 is 0 Å². The van der Waals surface area contributed by atoms with Crippen molar-refractivity contribution in [1.82, 2.24) is 5.32 Å². The quantitative estimate of drug-likeness (QED) is 0.784. The molecule has 1 aromatic carbocycles. The minimum atomic E-state index is -0.859. The van der Waals surface area contributed by atoms with Crippen LogP contribution in [-0.2, 0) is 9.59 Å². The molecule has 0 bridgehead atoms. The fourth-order valence-corrected chi connectivity index (χ4v) is 1.71. The van der Waals surface area contributed by atoms with Gasteiger partial charge in [-0.1, -0.05) is 29.8 Å². The van der Waals surface area contributed by atoms with Crippen LogP contribution in [0.25, 0.3) is 6.08 Å². The number of rotatable bonds is 6. The number of carboxylic acids is 1. The third-order valence-electron chi connectivity index (χ3n) is 2.93. The van der Waals surface area contributed by atoms with Crippen LogP contribution < -0.4 is 5.32 Å². The molecule has 0 aliphatic rings. The first kappa shape index (κ1) is 16.0. The Morgan fingerprint density at radius 2 is 1.85 bits per heavy atom. The van der Waals surface area contributed by atoms with Crippen LogP contribution in [0.5, 0.6) is 0 Å². The van der Waals surface area contributed by atoms with Crippen molar-refractivity contribution < 1.29 is 14.7 Å². The second-order valence-electron chi connectivity index (χ2n) is 5.51. The molecular formula is C16H21NO3. The first-order valence-electron chi connectivity index (χ1n) is 6.57. The molecule has 20 heavy (non-hydrogen) atoms. The maximum absolute atomic E-state index is 11.8. The lowest BCUT2D eigenvalue weighted by atomic mass is 9.98. The predicted octanol–water partition coefficient (Wildman–Crippen LogP) is 2.77. The van der Waals surface area contributed by atoms with Gasteiger partial charge in [0.15, 0.2) is 0 Å². The Balaban J connectivity index is 2.54. The molecule has 0 fully saturated rings. The molecule has 0 heterocycles. The SMILES string of the molecule is Cc1ccc(C=CC(=O)NC(C)(C)CCC(=O)O)cc1. The standard InChI is InChI=1S/C16H21NO3/c1-12-4-6-13(7-5-12)8-9-14(18)17-16(2,3)11-10-15(19)20/h4-9H,10-11H2,1-3H3,(H,17,18)(H,19,20). The largest absolute Gasteiger partial charge is 0.481 e. The number of aryl methyl sites for hydroxylation is 1. The van der Waals surface area contributed by atoms with E-state index >= 15 is 0 Å². The molecule has 0 atom stereocenters. The van der Waals surface area contributed by atoms with E-state index in [1.165, 1.54) is 11.6 Å². The van der Waals surface area contributed by atoms with Gasteiger partial charge in [0.25, 0.3) is 0 Å². The van der Waals surface area contributed by atoms with Crippen LogP contribution in [-0.4, -0.2) is 22.5 Å². The molecule has 2 N–H and O–H groups in total. The zero-order valence-electron chi connectivity index (χ0n) is 12.1.